The summed E-state index contributed by atoms with van der Waals surface area (Å²) in [7, 11) is 1.62. The lowest BCUT2D eigenvalue weighted by molar-refractivity contribution is -0.117. The third-order valence-electron chi connectivity index (χ3n) is 3.40. The monoisotopic (exact) mass is 277 g/mol. The van der Waals surface area contributed by atoms with Gasteiger partial charge in [-0.25, -0.2) is 4.98 Å². The summed E-state index contributed by atoms with van der Waals surface area (Å²) in [5, 5.41) is 0. The van der Waals surface area contributed by atoms with Crippen LogP contribution in [0.5, 0.6) is 5.75 Å². The number of aromatic nitrogens is 2. The summed E-state index contributed by atoms with van der Waals surface area (Å²) in [4.78, 5) is 21.3. The van der Waals surface area contributed by atoms with Gasteiger partial charge in [-0.1, -0.05) is 0 Å². The van der Waals surface area contributed by atoms with Crippen LogP contribution in [0.3, 0.4) is 0 Å². The lowest BCUT2D eigenvalue weighted by atomic mass is 10.1. The first-order chi connectivity index (χ1) is 9.21. The number of imidazole rings is 1. The molecule has 1 N–H and O–H groups in total. The van der Waals surface area contributed by atoms with Gasteiger partial charge in [-0.05, 0) is 23.8 Å². The smallest absolute Gasteiger partial charge is 0.229 e. The minimum atomic E-state index is 0.102. The van der Waals surface area contributed by atoms with Crippen LogP contribution >= 0.6 is 12.6 Å². The van der Waals surface area contributed by atoms with Crippen molar-refractivity contribution in [2.75, 3.05) is 24.3 Å². The van der Waals surface area contributed by atoms with Gasteiger partial charge in [-0.2, -0.15) is 12.6 Å². The standard InChI is InChI=1S/C13H15N3O2S/c1-18-9-2-3-10-11(5-9)15-13(14-10)16-6-8(7-19)4-12(16)17/h2-3,5,8,19H,4,6-7H2,1H3,(H,14,15). The lowest BCUT2D eigenvalue weighted by Gasteiger charge is -2.11. The summed E-state index contributed by atoms with van der Waals surface area (Å²) in [5.74, 6) is 2.50. The summed E-state index contributed by atoms with van der Waals surface area (Å²) < 4.78 is 5.17. The number of H-pyrrole nitrogens is 1. The molecule has 1 amide bonds. The second-order valence-electron chi connectivity index (χ2n) is 4.70. The third-order valence-corrected chi connectivity index (χ3v) is 3.91. The Morgan fingerprint density at radius 3 is 3.11 bits per heavy atom. The fraction of sp³-hybridized carbons (Fsp3) is 0.385. The third kappa shape index (κ3) is 2.16. The van der Waals surface area contributed by atoms with Gasteiger partial charge in [-0.15, -0.1) is 0 Å². The van der Waals surface area contributed by atoms with E-state index in [0.29, 0.717) is 24.8 Å². The van der Waals surface area contributed by atoms with Crippen molar-refractivity contribution < 1.29 is 9.53 Å². The molecule has 2 aromatic rings. The molecule has 6 heteroatoms. The Hall–Kier alpha value is -1.69. The zero-order chi connectivity index (χ0) is 13.4. The highest BCUT2D eigenvalue weighted by atomic mass is 32.1. The number of benzene rings is 1. The van der Waals surface area contributed by atoms with E-state index in [2.05, 4.69) is 22.6 Å². The van der Waals surface area contributed by atoms with Crippen LogP contribution in [0.4, 0.5) is 5.95 Å². The number of hydrogen-bond donors (Lipinski definition) is 2. The van der Waals surface area contributed by atoms with E-state index in [4.69, 9.17) is 4.74 Å². The molecule has 0 saturated carbocycles. The summed E-state index contributed by atoms with van der Waals surface area (Å²) in [6.07, 6.45) is 0.546. The number of fused-ring (bicyclic) bond motifs is 1. The second kappa shape index (κ2) is 4.77. The second-order valence-corrected chi connectivity index (χ2v) is 5.07. The first-order valence-corrected chi connectivity index (χ1v) is 6.79. The number of nitrogens with zero attached hydrogens (tertiary/aromatic N) is 2. The van der Waals surface area contributed by atoms with Gasteiger partial charge in [-0.3, -0.25) is 9.69 Å². The maximum atomic E-state index is 12.0. The van der Waals surface area contributed by atoms with Gasteiger partial charge < -0.3 is 9.72 Å². The SMILES string of the molecule is COc1ccc2nc(N3CC(CS)CC3=O)[nH]c2c1. The van der Waals surface area contributed by atoms with Gasteiger partial charge in [0.05, 0.1) is 18.1 Å². The topological polar surface area (TPSA) is 58.2 Å². The number of rotatable bonds is 3. The normalized spacial score (nSPS) is 19.4. The van der Waals surface area contributed by atoms with Crippen LogP contribution in [-0.2, 0) is 4.79 Å². The Labute approximate surface area is 116 Å². The minimum Gasteiger partial charge on any atom is -0.497 e. The molecule has 1 aliphatic rings. The quantitative estimate of drug-likeness (QED) is 0.842. The van der Waals surface area contributed by atoms with Gasteiger partial charge in [0.2, 0.25) is 11.9 Å². The number of thiol groups is 1. The Bertz CT molecular complexity index is 625. The fourth-order valence-electron chi connectivity index (χ4n) is 2.34. The molecule has 0 aliphatic carbocycles. The van der Waals surface area contributed by atoms with E-state index in [9.17, 15) is 4.79 Å². The van der Waals surface area contributed by atoms with Crippen molar-refractivity contribution in [3.8, 4) is 5.75 Å². The number of hydrogen-bond acceptors (Lipinski definition) is 4. The average Bonchev–Trinajstić information content (AvgIpc) is 3.00. The maximum absolute atomic E-state index is 12.0. The molecule has 0 bridgehead atoms. The van der Waals surface area contributed by atoms with Crippen molar-refractivity contribution in [3.63, 3.8) is 0 Å². The number of carbonyl (C=O) groups is 1. The van der Waals surface area contributed by atoms with Crippen molar-refractivity contribution in [2.45, 2.75) is 6.42 Å². The largest absolute Gasteiger partial charge is 0.497 e. The molecule has 1 fully saturated rings. The molecule has 1 aromatic carbocycles. The van der Waals surface area contributed by atoms with Crippen LogP contribution < -0.4 is 9.64 Å². The van der Waals surface area contributed by atoms with E-state index in [1.807, 2.05) is 18.2 Å². The zero-order valence-electron chi connectivity index (χ0n) is 10.6. The van der Waals surface area contributed by atoms with Crippen LogP contribution in [0, 0.1) is 5.92 Å². The van der Waals surface area contributed by atoms with Crippen molar-refractivity contribution in [1.82, 2.24) is 9.97 Å². The van der Waals surface area contributed by atoms with Crippen LogP contribution in [-0.4, -0.2) is 35.3 Å². The van der Waals surface area contributed by atoms with E-state index in [-0.39, 0.29) is 5.91 Å². The predicted octanol–water partition coefficient (Wildman–Crippen LogP) is 1.85. The highest BCUT2D eigenvalue weighted by molar-refractivity contribution is 7.80. The van der Waals surface area contributed by atoms with Crippen LogP contribution in [0.1, 0.15) is 6.42 Å². The minimum absolute atomic E-state index is 0.102. The molecule has 2 heterocycles. The molecule has 100 valence electrons. The Morgan fingerprint density at radius 1 is 1.58 bits per heavy atom. The number of amides is 1. The molecule has 1 unspecified atom stereocenters. The molecule has 5 nitrogen and oxygen atoms in total. The van der Waals surface area contributed by atoms with Gasteiger partial charge in [0, 0.05) is 19.0 Å². The van der Waals surface area contributed by atoms with Gasteiger partial charge >= 0.3 is 0 Å². The highest BCUT2D eigenvalue weighted by Gasteiger charge is 2.31. The maximum Gasteiger partial charge on any atom is 0.229 e. The molecule has 3 rings (SSSR count). The van der Waals surface area contributed by atoms with Crippen molar-refractivity contribution in [1.29, 1.82) is 0 Å². The number of nitrogens with one attached hydrogen (secondary N) is 1. The first-order valence-electron chi connectivity index (χ1n) is 6.16. The van der Waals surface area contributed by atoms with Crippen molar-refractivity contribution in [2.24, 2.45) is 5.92 Å². The summed E-state index contributed by atoms with van der Waals surface area (Å²) in [6, 6.07) is 5.61. The van der Waals surface area contributed by atoms with Crippen LogP contribution in [0.15, 0.2) is 18.2 Å². The van der Waals surface area contributed by atoms with Gasteiger partial charge in [0.1, 0.15) is 5.75 Å². The molecule has 1 saturated heterocycles. The highest BCUT2D eigenvalue weighted by Crippen LogP contribution is 2.27. The number of aromatic amines is 1. The van der Waals surface area contributed by atoms with E-state index in [1.54, 1.807) is 12.0 Å². The van der Waals surface area contributed by atoms with Crippen molar-refractivity contribution >= 4 is 35.5 Å². The lowest BCUT2D eigenvalue weighted by Crippen LogP contribution is -2.25. The number of ether oxygens (including phenoxy) is 1. The Balaban J connectivity index is 1.95. The van der Waals surface area contributed by atoms with Gasteiger partial charge in [0.15, 0.2) is 0 Å². The van der Waals surface area contributed by atoms with E-state index in [0.717, 1.165) is 22.5 Å². The Morgan fingerprint density at radius 2 is 2.42 bits per heavy atom. The summed E-state index contributed by atoms with van der Waals surface area (Å²) in [6.45, 7) is 0.680. The van der Waals surface area contributed by atoms with Crippen LogP contribution in [0.2, 0.25) is 0 Å². The predicted molar refractivity (Wildman–Crippen MR) is 77.0 cm³/mol. The van der Waals surface area contributed by atoms with E-state index < -0.39 is 0 Å². The number of carbonyl (C=O) groups excluding carboxylic acids is 1. The number of anilines is 1. The number of methoxy groups -OCH3 is 1. The summed E-state index contributed by atoms with van der Waals surface area (Å²) in [5.41, 5.74) is 1.70. The first kappa shape index (κ1) is 12.3. The molecule has 1 aromatic heterocycles. The molecular formula is C13H15N3O2S. The molecule has 1 aliphatic heterocycles. The molecule has 1 atom stereocenters. The molecule has 0 spiro atoms. The zero-order valence-corrected chi connectivity index (χ0v) is 11.5. The molecular weight excluding hydrogens is 262 g/mol. The average molecular weight is 277 g/mol. The van der Waals surface area contributed by atoms with Crippen LogP contribution in [0.25, 0.3) is 11.0 Å². The molecule has 19 heavy (non-hydrogen) atoms. The van der Waals surface area contributed by atoms with E-state index in [1.165, 1.54) is 0 Å². The Kier molecular flexibility index (Phi) is 3.10. The molecule has 0 radical (unpaired) electrons. The summed E-state index contributed by atoms with van der Waals surface area (Å²) >= 11 is 4.26. The van der Waals surface area contributed by atoms with E-state index >= 15 is 0 Å². The fourth-order valence-corrected chi connectivity index (χ4v) is 2.58. The van der Waals surface area contributed by atoms with Gasteiger partial charge in [0.25, 0.3) is 0 Å². The van der Waals surface area contributed by atoms with Crippen molar-refractivity contribution in [3.05, 3.63) is 18.2 Å².